The van der Waals surface area contributed by atoms with Crippen LogP contribution < -0.4 is 9.47 Å². The molecular formula is C17H19NO3S2. The third kappa shape index (κ3) is 3.19. The summed E-state index contributed by atoms with van der Waals surface area (Å²) < 4.78 is 10.7. The summed E-state index contributed by atoms with van der Waals surface area (Å²) in [5.74, 6) is 2.19. The molecule has 122 valence electrons. The number of carbonyl (C=O) groups excluding carboxylic acids is 1. The van der Waals surface area contributed by atoms with Gasteiger partial charge in [0.15, 0.2) is 0 Å². The molecule has 0 saturated carbocycles. The number of ether oxygens (including phenoxy) is 2. The van der Waals surface area contributed by atoms with Crippen molar-refractivity contribution in [2.24, 2.45) is 0 Å². The summed E-state index contributed by atoms with van der Waals surface area (Å²) in [5.41, 5.74) is 2.23. The fourth-order valence-corrected chi connectivity index (χ4v) is 5.11. The van der Waals surface area contributed by atoms with Crippen LogP contribution in [0.4, 0.5) is 0 Å². The second kappa shape index (κ2) is 6.84. The number of methoxy groups -OCH3 is 2. The Morgan fingerprint density at radius 3 is 2.74 bits per heavy atom. The van der Waals surface area contributed by atoms with Crippen LogP contribution in [-0.2, 0) is 11.3 Å². The van der Waals surface area contributed by atoms with E-state index in [0.717, 1.165) is 17.1 Å². The van der Waals surface area contributed by atoms with E-state index in [2.05, 4.69) is 18.4 Å². The zero-order valence-electron chi connectivity index (χ0n) is 13.4. The molecule has 1 saturated heterocycles. The Morgan fingerprint density at radius 1 is 1.26 bits per heavy atom. The van der Waals surface area contributed by atoms with Crippen LogP contribution in [-0.4, -0.2) is 30.8 Å². The van der Waals surface area contributed by atoms with E-state index in [-0.39, 0.29) is 11.3 Å². The summed E-state index contributed by atoms with van der Waals surface area (Å²) in [7, 11) is 3.27. The lowest BCUT2D eigenvalue weighted by Gasteiger charge is -2.25. The van der Waals surface area contributed by atoms with Gasteiger partial charge in [0.2, 0.25) is 5.91 Å². The number of thiophene rings is 1. The Balaban J connectivity index is 1.88. The van der Waals surface area contributed by atoms with Gasteiger partial charge >= 0.3 is 0 Å². The summed E-state index contributed by atoms with van der Waals surface area (Å²) in [4.78, 5) is 15.6. The van der Waals surface area contributed by atoms with Gasteiger partial charge in [-0.25, -0.2) is 0 Å². The number of hydrogen-bond acceptors (Lipinski definition) is 5. The van der Waals surface area contributed by atoms with E-state index >= 15 is 0 Å². The first-order chi connectivity index (χ1) is 11.1. The van der Waals surface area contributed by atoms with Crippen LogP contribution >= 0.6 is 23.1 Å². The number of hydrogen-bond donors (Lipinski definition) is 0. The lowest BCUT2D eigenvalue weighted by molar-refractivity contribution is -0.128. The second-order valence-electron chi connectivity index (χ2n) is 5.33. The van der Waals surface area contributed by atoms with E-state index in [1.54, 1.807) is 37.3 Å². The normalized spacial score (nSPS) is 17.6. The van der Waals surface area contributed by atoms with Gasteiger partial charge in [0, 0.05) is 16.5 Å². The molecule has 0 bridgehead atoms. The SMILES string of the molecule is COc1ccc(CN2C(=O)CSC2c2sccc2C)c(OC)c1. The number of nitrogens with zero attached hydrogens (tertiary/aromatic N) is 1. The van der Waals surface area contributed by atoms with E-state index in [1.165, 1.54) is 10.4 Å². The van der Waals surface area contributed by atoms with Crippen molar-refractivity contribution < 1.29 is 14.3 Å². The van der Waals surface area contributed by atoms with Crippen LogP contribution in [0, 0.1) is 6.92 Å². The van der Waals surface area contributed by atoms with Gasteiger partial charge in [0.25, 0.3) is 0 Å². The van der Waals surface area contributed by atoms with Gasteiger partial charge in [0.05, 0.1) is 26.5 Å². The highest BCUT2D eigenvalue weighted by Crippen LogP contribution is 2.43. The van der Waals surface area contributed by atoms with Crippen molar-refractivity contribution in [3.8, 4) is 11.5 Å². The van der Waals surface area contributed by atoms with Crippen molar-refractivity contribution in [3.63, 3.8) is 0 Å². The molecule has 0 N–H and O–H groups in total. The van der Waals surface area contributed by atoms with Gasteiger partial charge < -0.3 is 14.4 Å². The fraction of sp³-hybridized carbons (Fsp3) is 0.353. The van der Waals surface area contributed by atoms with E-state index < -0.39 is 0 Å². The Labute approximate surface area is 144 Å². The van der Waals surface area contributed by atoms with Crippen molar-refractivity contribution in [2.45, 2.75) is 18.8 Å². The van der Waals surface area contributed by atoms with Crippen molar-refractivity contribution in [3.05, 3.63) is 45.6 Å². The molecule has 1 aliphatic rings. The van der Waals surface area contributed by atoms with Crippen LogP contribution in [0.25, 0.3) is 0 Å². The monoisotopic (exact) mass is 349 g/mol. The highest BCUT2D eigenvalue weighted by molar-refractivity contribution is 8.00. The summed E-state index contributed by atoms with van der Waals surface area (Å²) in [6, 6.07) is 7.83. The molecule has 2 aromatic rings. The molecule has 1 fully saturated rings. The average molecular weight is 349 g/mol. The maximum atomic E-state index is 12.4. The molecular weight excluding hydrogens is 330 g/mol. The zero-order chi connectivity index (χ0) is 16.4. The second-order valence-corrected chi connectivity index (χ2v) is 7.35. The highest BCUT2D eigenvalue weighted by Gasteiger charge is 2.34. The van der Waals surface area contributed by atoms with E-state index in [9.17, 15) is 4.79 Å². The molecule has 6 heteroatoms. The van der Waals surface area contributed by atoms with Crippen molar-refractivity contribution in [1.82, 2.24) is 4.90 Å². The number of aryl methyl sites for hydroxylation is 1. The molecule has 1 aliphatic heterocycles. The molecule has 4 nitrogen and oxygen atoms in total. The molecule has 0 spiro atoms. The zero-order valence-corrected chi connectivity index (χ0v) is 15.0. The summed E-state index contributed by atoms with van der Waals surface area (Å²) >= 11 is 3.41. The first kappa shape index (κ1) is 16.2. The number of thioether (sulfide) groups is 1. The number of amides is 1. The van der Waals surface area contributed by atoms with Crippen molar-refractivity contribution >= 4 is 29.0 Å². The van der Waals surface area contributed by atoms with Crippen LogP contribution in [0.2, 0.25) is 0 Å². The predicted molar refractivity (Wildman–Crippen MR) is 94.4 cm³/mol. The Hall–Kier alpha value is -1.66. The van der Waals surface area contributed by atoms with Gasteiger partial charge in [-0.15, -0.1) is 23.1 Å². The van der Waals surface area contributed by atoms with Crippen LogP contribution in [0.3, 0.4) is 0 Å². The van der Waals surface area contributed by atoms with Crippen LogP contribution in [0.1, 0.15) is 21.4 Å². The maximum absolute atomic E-state index is 12.4. The fourth-order valence-electron chi connectivity index (χ4n) is 2.65. The topological polar surface area (TPSA) is 38.8 Å². The van der Waals surface area contributed by atoms with Crippen LogP contribution in [0.15, 0.2) is 29.6 Å². The molecule has 1 aromatic carbocycles. The number of benzene rings is 1. The molecule has 1 aromatic heterocycles. The van der Waals surface area contributed by atoms with E-state index in [0.29, 0.717) is 12.3 Å². The van der Waals surface area contributed by atoms with E-state index in [4.69, 9.17) is 9.47 Å². The molecule has 0 aliphatic carbocycles. The van der Waals surface area contributed by atoms with Gasteiger partial charge in [-0.1, -0.05) is 0 Å². The van der Waals surface area contributed by atoms with Gasteiger partial charge in [0.1, 0.15) is 16.9 Å². The highest BCUT2D eigenvalue weighted by atomic mass is 32.2. The lowest BCUT2D eigenvalue weighted by Crippen LogP contribution is -2.27. The maximum Gasteiger partial charge on any atom is 0.234 e. The standard InChI is InChI=1S/C17H19NO3S2/c1-11-6-7-22-16(11)17-18(15(19)10-23-17)9-12-4-5-13(20-2)8-14(12)21-3/h4-8,17H,9-10H2,1-3H3. The smallest absolute Gasteiger partial charge is 0.234 e. The number of rotatable bonds is 5. The van der Waals surface area contributed by atoms with Gasteiger partial charge in [-0.2, -0.15) is 0 Å². The summed E-state index contributed by atoms with van der Waals surface area (Å²) in [5, 5.41) is 2.18. The van der Waals surface area contributed by atoms with Crippen molar-refractivity contribution in [1.29, 1.82) is 0 Å². The minimum absolute atomic E-state index is 0.0920. The Kier molecular flexibility index (Phi) is 4.82. The molecule has 1 atom stereocenters. The summed E-state index contributed by atoms with van der Waals surface area (Å²) in [6.07, 6.45) is 0. The summed E-state index contributed by atoms with van der Waals surface area (Å²) in [6.45, 7) is 2.64. The molecule has 0 radical (unpaired) electrons. The third-order valence-corrected chi connectivity index (χ3v) is 6.37. The third-order valence-electron chi connectivity index (χ3n) is 3.93. The average Bonchev–Trinajstić information content (AvgIpc) is 3.14. The van der Waals surface area contributed by atoms with Gasteiger partial charge in [-0.05, 0) is 36.1 Å². The molecule has 23 heavy (non-hydrogen) atoms. The minimum Gasteiger partial charge on any atom is -0.497 e. The van der Waals surface area contributed by atoms with Crippen molar-refractivity contribution in [2.75, 3.05) is 20.0 Å². The van der Waals surface area contributed by atoms with E-state index in [1.807, 2.05) is 23.1 Å². The molecule has 1 unspecified atom stereocenters. The number of carbonyl (C=O) groups is 1. The Bertz CT molecular complexity index is 714. The molecule has 2 heterocycles. The lowest BCUT2D eigenvalue weighted by atomic mass is 10.1. The first-order valence-corrected chi connectivity index (χ1v) is 9.23. The predicted octanol–water partition coefficient (Wildman–Crippen LogP) is 3.85. The minimum atomic E-state index is 0.0920. The largest absolute Gasteiger partial charge is 0.497 e. The quantitative estimate of drug-likeness (QED) is 0.822. The molecule has 3 rings (SSSR count). The molecule has 1 amide bonds. The first-order valence-electron chi connectivity index (χ1n) is 7.30. The van der Waals surface area contributed by atoms with Gasteiger partial charge in [-0.3, -0.25) is 4.79 Å². The Morgan fingerprint density at radius 2 is 2.09 bits per heavy atom. The van der Waals surface area contributed by atoms with Crippen LogP contribution in [0.5, 0.6) is 11.5 Å².